The number of aromatic nitrogens is 1. The summed E-state index contributed by atoms with van der Waals surface area (Å²) in [6.07, 6.45) is 1.40. The highest BCUT2D eigenvalue weighted by Gasteiger charge is 2.57. The number of halogens is 3. The van der Waals surface area contributed by atoms with Gasteiger partial charge in [0.15, 0.2) is 0 Å². The molecule has 0 aromatic carbocycles. The van der Waals surface area contributed by atoms with Crippen LogP contribution in [0.3, 0.4) is 0 Å². The Bertz CT molecular complexity index is 351. The molecule has 70 valence electrons. The molecule has 0 radical (unpaired) electrons. The fraction of sp³-hybridized carbons (Fsp3) is 0.444. The Balaban J connectivity index is 2.29. The molecule has 1 aliphatic carbocycles. The van der Waals surface area contributed by atoms with E-state index in [0.717, 1.165) is 0 Å². The molecule has 2 rings (SSSR count). The minimum absolute atomic E-state index is 0.0753. The number of pyridine rings is 1. The molecule has 0 bridgehead atoms. The average molecular weight is 204 g/mol. The fourth-order valence-corrected chi connectivity index (χ4v) is 1.46. The third-order valence-corrected chi connectivity index (χ3v) is 2.66. The summed E-state index contributed by atoms with van der Waals surface area (Å²) in [4.78, 5) is 3.94. The monoisotopic (exact) mass is 203 g/mol. The molecule has 1 atom stereocenters. The molecule has 0 saturated heterocycles. The molecule has 0 aliphatic heterocycles. The summed E-state index contributed by atoms with van der Waals surface area (Å²) < 4.78 is 25.3. The van der Waals surface area contributed by atoms with Gasteiger partial charge in [-0.25, -0.2) is 8.78 Å². The normalized spacial score (nSPS) is 24.5. The summed E-state index contributed by atoms with van der Waals surface area (Å²) >= 11 is 5.77. The van der Waals surface area contributed by atoms with Crippen LogP contribution in [0.5, 0.6) is 0 Å². The maximum absolute atomic E-state index is 12.6. The van der Waals surface area contributed by atoms with Crippen molar-refractivity contribution in [3.05, 3.63) is 28.5 Å². The number of nitrogens with zero attached hydrogens (tertiary/aromatic N) is 1. The second kappa shape index (κ2) is 2.64. The molecule has 1 heterocycles. The van der Waals surface area contributed by atoms with Crippen LogP contribution >= 0.6 is 11.6 Å². The van der Waals surface area contributed by atoms with Crippen LogP contribution in [0, 0.1) is 6.92 Å². The predicted octanol–water partition coefficient (Wildman–Crippen LogP) is 3.17. The van der Waals surface area contributed by atoms with E-state index in [-0.39, 0.29) is 6.42 Å². The predicted molar refractivity (Wildman–Crippen MR) is 46.3 cm³/mol. The largest absolute Gasteiger partial charge is 0.260 e. The van der Waals surface area contributed by atoms with Crippen molar-refractivity contribution in [1.82, 2.24) is 4.98 Å². The van der Waals surface area contributed by atoms with Gasteiger partial charge in [0, 0.05) is 12.6 Å². The number of aryl methyl sites for hydroxylation is 1. The lowest BCUT2D eigenvalue weighted by Gasteiger charge is -2.01. The number of alkyl halides is 2. The highest BCUT2D eigenvalue weighted by molar-refractivity contribution is 6.31. The van der Waals surface area contributed by atoms with Crippen molar-refractivity contribution >= 4 is 11.6 Å². The third kappa shape index (κ3) is 1.53. The van der Waals surface area contributed by atoms with E-state index in [1.54, 1.807) is 13.0 Å². The first-order valence-electron chi connectivity index (χ1n) is 4.00. The number of hydrogen-bond acceptors (Lipinski definition) is 1. The van der Waals surface area contributed by atoms with Gasteiger partial charge in [-0.15, -0.1) is 0 Å². The van der Waals surface area contributed by atoms with Gasteiger partial charge in [0.25, 0.3) is 5.92 Å². The van der Waals surface area contributed by atoms with Crippen molar-refractivity contribution in [2.24, 2.45) is 0 Å². The highest BCUT2D eigenvalue weighted by Crippen LogP contribution is 2.55. The summed E-state index contributed by atoms with van der Waals surface area (Å²) in [6.45, 7) is 1.75. The molecule has 1 aromatic heterocycles. The van der Waals surface area contributed by atoms with Gasteiger partial charge >= 0.3 is 0 Å². The first kappa shape index (κ1) is 8.88. The van der Waals surface area contributed by atoms with E-state index in [0.29, 0.717) is 16.3 Å². The molecule has 13 heavy (non-hydrogen) atoms. The van der Waals surface area contributed by atoms with Gasteiger partial charge in [-0.05, 0) is 18.6 Å². The van der Waals surface area contributed by atoms with Gasteiger partial charge in [-0.3, -0.25) is 4.98 Å². The summed E-state index contributed by atoms with van der Waals surface area (Å²) in [5, 5.41) is 0.459. The second-order valence-corrected chi connectivity index (χ2v) is 3.76. The summed E-state index contributed by atoms with van der Waals surface area (Å²) in [6, 6.07) is 1.58. The van der Waals surface area contributed by atoms with Gasteiger partial charge < -0.3 is 0 Å². The standard InChI is InChI=1S/C9H8ClF2N/c1-5-8(10)2-6(4-13-5)7-3-9(7,11)12/h2,4,7H,3H2,1H3. The van der Waals surface area contributed by atoms with Gasteiger partial charge in [0.2, 0.25) is 0 Å². The Kier molecular flexibility index (Phi) is 1.80. The zero-order valence-electron chi connectivity index (χ0n) is 7.02. The number of rotatable bonds is 1. The Labute approximate surface area is 79.7 Å². The van der Waals surface area contributed by atoms with Crippen LogP contribution in [-0.2, 0) is 0 Å². The fourth-order valence-electron chi connectivity index (χ4n) is 1.29. The first-order chi connectivity index (χ1) is 6.00. The maximum atomic E-state index is 12.6. The highest BCUT2D eigenvalue weighted by atomic mass is 35.5. The van der Waals surface area contributed by atoms with Crippen molar-refractivity contribution in [3.8, 4) is 0 Å². The lowest BCUT2D eigenvalue weighted by atomic mass is 10.2. The Hall–Kier alpha value is -0.700. The smallest absolute Gasteiger partial charge is 0.255 e. The molecule has 1 aliphatic rings. The van der Waals surface area contributed by atoms with E-state index in [1.165, 1.54) is 6.20 Å². The first-order valence-corrected chi connectivity index (χ1v) is 4.38. The van der Waals surface area contributed by atoms with E-state index >= 15 is 0 Å². The Morgan fingerprint density at radius 2 is 2.23 bits per heavy atom. The number of hydrogen-bond donors (Lipinski definition) is 0. The summed E-state index contributed by atoms with van der Waals surface area (Å²) in [5.41, 5.74) is 1.22. The quantitative estimate of drug-likeness (QED) is 0.683. The van der Waals surface area contributed by atoms with E-state index in [4.69, 9.17) is 11.6 Å². The second-order valence-electron chi connectivity index (χ2n) is 3.35. The van der Waals surface area contributed by atoms with Crippen molar-refractivity contribution < 1.29 is 8.78 Å². The van der Waals surface area contributed by atoms with Gasteiger partial charge in [0.05, 0.1) is 16.6 Å². The minimum atomic E-state index is -2.54. The van der Waals surface area contributed by atoms with Crippen LogP contribution in [0.2, 0.25) is 5.02 Å². The SMILES string of the molecule is Cc1ncc(C2CC2(F)F)cc1Cl. The molecular weight excluding hydrogens is 196 g/mol. The van der Waals surface area contributed by atoms with Crippen molar-refractivity contribution in [3.63, 3.8) is 0 Å². The van der Waals surface area contributed by atoms with Crippen molar-refractivity contribution in [2.75, 3.05) is 0 Å². The van der Waals surface area contributed by atoms with Crippen LogP contribution in [0.15, 0.2) is 12.3 Å². The van der Waals surface area contributed by atoms with Gasteiger partial charge in [-0.2, -0.15) is 0 Å². The summed E-state index contributed by atoms with van der Waals surface area (Å²) in [7, 11) is 0. The van der Waals surface area contributed by atoms with E-state index in [2.05, 4.69) is 4.98 Å². The van der Waals surface area contributed by atoms with Crippen LogP contribution in [0.25, 0.3) is 0 Å². The molecule has 0 spiro atoms. The van der Waals surface area contributed by atoms with E-state index in [9.17, 15) is 8.78 Å². The van der Waals surface area contributed by atoms with Crippen LogP contribution in [0.4, 0.5) is 8.78 Å². The molecule has 4 heteroatoms. The Morgan fingerprint density at radius 3 is 2.69 bits per heavy atom. The van der Waals surface area contributed by atoms with Crippen LogP contribution in [-0.4, -0.2) is 10.9 Å². The summed E-state index contributed by atoms with van der Waals surface area (Å²) in [5.74, 6) is -3.21. The van der Waals surface area contributed by atoms with E-state index in [1.807, 2.05) is 0 Å². The van der Waals surface area contributed by atoms with Gasteiger partial charge in [0.1, 0.15) is 0 Å². The van der Waals surface area contributed by atoms with Crippen molar-refractivity contribution in [1.29, 1.82) is 0 Å². The minimum Gasteiger partial charge on any atom is -0.260 e. The molecule has 1 nitrogen and oxygen atoms in total. The van der Waals surface area contributed by atoms with Crippen molar-refractivity contribution in [2.45, 2.75) is 25.2 Å². The molecule has 1 fully saturated rings. The molecule has 1 unspecified atom stereocenters. The lowest BCUT2D eigenvalue weighted by Crippen LogP contribution is -1.94. The topological polar surface area (TPSA) is 12.9 Å². The zero-order valence-corrected chi connectivity index (χ0v) is 7.78. The van der Waals surface area contributed by atoms with E-state index < -0.39 is 11.8 Å². The van der Waals surface area contributed by atoms with Crippen LogP contribution in [0.1, 0.15) is 23.6 Å². The average Bonchev–Trinajstić information content (AvgIpc) is 2.66. The Morgan fingerprint density at radius 1 is 1.62 bits per heavy atom. The molecular formula is C9H8ClF2N. The van der Waals surface area contributed by atoms with Gasteiger partial charge in [-0.1, -0.05) is 11.6 Å². The molecule has 1 saturated carbocycles. The maximum Gasteiger partial charge on any atom is 0.255 e. The molecule has 1 aromatic rings. The van der Waals surface area contributed by atoms with Crippen LogP contribution < -0.4 is 0 Å². The zero-order chi connectivity index (χ0) is 9.64. The molecule has 0 N–H and O–H groups in total. The molecule has 0 amide bonds. The lowest BCUT2D eigenvalue weighted by molar-refractivity contribution is 0.112. The third-order valence-electron chi connectivity index (χ3n) is 2.27.